The molecule has 1 aliphatic heterocycles. The number of aliphatic hydroxyl groups is 2. The van der Waals surface area contributed by atoms with Gasteiger partial charge in [0, 0.05) is 36.4 Å². The molecule has 6 heteroatoms. The molecule has 1 fully saturated rings. The molecule has 2 aromatic rings. The molecule has 3 atom stereocenters. The Kier molecular flexibility index (Phi) is 5.56. The quantitative estimate of drug-likeness (QED) is 0.839. The summed E-state index contributed by atoms with van der Waals surface area (Å²) in [5.41, 5.74) is 1.05. The molecule has 1 aromatic carbocycles. The Morgan fingerprint density at radius 2 is 2.04 bits per heavy atom. The number of hydrogen-bond donors (Lipinski definition) is 2. The minimum absolute atomic E-state index is 0.0333. The number of aromatic nitrogens is 2. The molecule has 0 radical (unpaired) electrons. The molecule has 2 heterocycles. The van der Waals surface area contributed by atoms with Crippen LogP contribution >= 0.6 is 11.6 Å². The summed E-state index contributed by atoms with van der Waals surface area (Å²) >= 11 is 5.96. The van der Waals surface area contributed by atoms with Gasteiger partial charge in [0.2, 0.25) is 0 Å². The summed E-state index contributed by atoms with van der Waals surface area (Å²) in [6, 6.07) is 7.30. The van der Waals surface area contributed by atoms with Crippen LogP contribution in [0.4, 0.5) is 0 Å². The summed E-state index contributed by atoms with van der Waals surface area (Å²) in [5.74, 6) is 0.938. The molecule has 0 bridgehead atoms. The highest BCUT2D eigenvalue weighted by molar-refractivity contribution is 6.30. The molecule has 24 heavy (non-hydrogen) atoms. The van der Waals surface area contributed by atoms with Crippen molar-refractivity contribution in [2.75, 3.05) is 13.2 Å². The zero-order valence-corrected chi connectivity index (χ0v) is 14.6. The fourth-order valence-electron chi connectivity index (χ4n) is 3.52. The van der Waals surface area contributed by atoms with Gasteiger partial charge in [-0.05, 0) is 24.1 Å². The first-order chi connectivity index (χ1) is 11.6. The molecule has 0 spiro atoms. The van der Waals surface area contributed by atoms with Gasteiger partial charge in [-0.3, -0.25) is 4.90 Å². The van der Waals surface area contributed by atoms with Crippen LogP contribution in [0.15, 0.2) is 36.7 Å². The molecule has 2 N–H and O–H groups in total. The van der Waals surface area contributed by atoms with Gasteiger partial charge < -0.3 is 14.8 Å². The zero-order valence-electron chi connectivity index (χ0n) is 13.8. The summed E-state index contributed by atoms with van der Waals surface area (Å²) in [6.07, 6.45) is 4.23. The van der Waals surface area contributed by atoms with Crippen molar-refractivity contribution < 1.29 is 10.2 Å². The highest BCUT2D eigenvalue weighted by atomic mass is 35.5. The Hall–Kier alpha value is -1.40. The smallest absolute Gasteiger partial charge is 0.122 e. The molecule has 5 nitrogen and oxygen atoms in total. The van der Waals surface area contributed by atoms with E-state index >= 15 is 0 Å². The Labute approximate surface area is 147 Å². The number of likely N-dealkylation sites (tertiary alicyclic amines) is 1. The van der Waals surface area contributed by atoms with Gasteiger partial charge in [-0.2, -0.15) is 0 Å². The number of halogens is 1. The predicted octanol–water partition coefficient (Wildman–Crippen LogP) is 2.27. The number of nitrogens with zero attached hydrogens (tertiary/aromatic N) is 3. The maximum Gasteiger partial charge on any atom is 0.122 e. The maximum atomic E-state index is 10.7. The average molecular weight is 350 g/mol. The van der Waals surface area contributed by atoms with E-state index in [1.807, 2.05) is 36.7 Å². The van der Waals surface area contributed by atoms with E-state index in [2.05, 4.69) is 21.4 Å². The molecule has 130 valence electrons. The van der Waals surface area contributed by atoms with Crippen molar-refractivity contribution in [1.82, 2.24) is 14.5 Å². The molecule has 0 aliphatic carbocycles. The molecule has 1 aliphatic rings. The Bertz CT molecular complexity index is 659. The highest BCUT2D eigenvalue weighted by Gasteiger charge is 2.41. The molecule has 0 unspecified atom stereocenters. The van der Waals surface area contributed by atoms with Gasteiger partial charge in [-0.1, -0.05) is 30.7 Å². The minimum atomic E-state index is -0.606. The van der Waals surface area contributed by atoms with Crippen LogP contribution in [-0.4, -0.2) is 50.0 Å². The number of aryl methyl sites for hydroxylation is 1. The second-order valence-electron chi connectivity index (χ2n) is 6.36. The lowest BCUT2D eigenvalue weighted by Gasteiger charge is -2.24. The second kappa shape index (κ2) is 7.66. The first kappa shape index (κ1) is 17.4. The zero-order chi connectivity index (χ0) is 17.1. The summed E-state index contributed by atoms with van der Waals surface area (Å²) in [6.45, 7) is 4.30. The van der Waals surface area contributed by atoms with Crippen molar-refractivity contribution in [3.8, 4) is 0 Å². The van der Waals surface area contributed by atoms with Crippen molar-refractivity contribution in [2.24, 2.45) is 0 Å². The SMILES string of the molecule is CCCn1ccnc1CN1C[C@H](c2ccc(Cl)cc2)[C@@H](O)[C@H]1CO. The highest BCUT2D eigenvalue weighted by Crippen LogP contribution is 2.33. The second-order valence-corrected chi connectivity index (χ2v) is 6.80. The lowest BCUT2D eigenvalue weighted by Crippen LogP contribution is -2.38. The third kappa shape index (κ3) is 3.49. The van der Waals surface area contributed by atoms with Gasteiger partial charge in [0.1, 0.15) is 5.82 Å². The van der Waals surface area contributed by atoms with E-state index < -0.39 is 6.10 Å². The molecular formula is C18H24ClN3O2. The van der Waals surface area contributed by atoms with Gasteiger partial charge >= 0.3 is 0 Å². The Morgan fingerprint density at radius 1 is 1.29 bits per heavy atom. The summed E-state index contributed by atoms with van der Waals surface area (Å²) < 4.78 is 2.14. The topological polar surface area (TPSA) is 61.5 Å². The fourth-order valence-corrected chi connectivity index (χ4v) is 3.64. The van der Waals surface area contributed by atoms with Crippen LogP contribution in [-0.2, 0) is 13.1 Å². The Balaban J connectivity index is 1.78. The standard InChI is InChI=1S/C18H24ClN3O2/c1-2-8-21-9-7-20-17(21)11-22-10-15(18(24)16(22)12-23)13-3-5-14(19)6-4-13/h3-7,9,15-16,18,23-24H,2,8,10-12H2,1H3/t15-,16-,18-/m1/s1. The van der Waals surface area contributed by atoms with Gasteiger partial charge in [0.15, 0.2) is 0 Å². The van der Waals surface area contributed by atoms with E-state index in [1.165, 1.54) is 0 Å². The van der Waals surface area contributed by atoms with Crippen molar-refractivity contribution in [1.29, 1.82) is 0 Å². The van der Waals surface area contributed by atoms with Crippen LogP contribution in [0.2, 0.25) is 5.02 Å². The lowest BCUT2D eigenvalue weighted by atomic mass is 9.94. The van der Waals surface area contributed by atoms with Crippen molar-refractivity contribution in [2.45, 2.75) is 44.5 Å². The minimum Gasteiger partial charge on any atom is -0.395 e. The van der Waals surface area contributed by atoms with E-state index in [1.54, 1.807) is 0 Å². The normalized spacial score (nSPS) is 24.6. The number of rotatable bonds is 6. The lowest BCUT2D eigenvalue weighted by molar-refractivity contribution is 0.0627. The van der Waals surface area contributed by atoms with E-state index in [4.69, 9.17) is 11.6 Å². The van der Waals surface area contributed by atoms with Crippen LogP contribution in [0.25, 0.3) is 0 Å². The van der Waals surface area contributed by atoms with Crippen molar-refractivity contribution in [3.05, 3.63) is 53.1 Å². The first-order valence-corrected chi connectivity index (χ1v) is 8.80. The summed E-state index contributed by atoms with van der Waals surface area (Å²) in [5, 5.41) is 21.1. The number of benzene rings is 1. The Morgan fingerprint density at radius 3 is 2.71 bits per heavy atom. The largest absolute Gasteiger partial charge is 0.395 e. The van der Waals surface area contributed by atoms with Gasteiger partial charge in [-0.15, -0.1) is 0 Å². The van der Waals surface area contributed by atoms with Crippen LogP contribution in [0.1, 0.15) is 30.7 Å². The molecular weight excluding hydrogens is 326 g/mol. The van der Waals surface area contributed by atoms with Crippen molar-refractivity contribution in [3.63, 3.8) is 0 Å². The van der Waals surface area contributed by atoms with Crippen LogP contribution < -0.4 is 0 Å². The predicted molar refractivity (Wildman–Crippen MR) is 94.0 cm³/mol. The molecule has 0 amide bonds. The monoisotopic (exact) mass is 349 g/mol. The van der Waals surface area contributed by atoms with Gasteiger partial charge in [0.05, 0.1) is 25.3 Å². The van der Waals surface area contributed by atoms with E-state index in [0.29, 0.717) is 18.1 Å². The average Bonchev–Trinajstić information content (AvgIpc) is 3.13. The summed E-state index contributed by atoms with van der Waals surface area (Å²) in [7, 11) is 0. The molecule has 1 saturated heterocycles. The van der Waals surface area contributed by atoms with E-state index in [9.17, 15) is 10.2 Å². The van der Waals surface area contributed by atoms with E-state index in [-0.39, 0.29) is 18.6 Å². The molecule has 1 aromatic heterocycles. The van der Waals surface area contributed by atoms with Crippen LogP contribution in [0.5, 0.6) is 0 Å². The van der Waals surface area contributed by atoms with Crippen molar-refractivity contribution >= 4 is 11.6 Å². The maximum absolute atomic E-state index is 10.7. The van der Waals surface area contributed by atoms with Gasteiger partial charge in [-0.25, -0.2) is 4.98 Å². The first-order valence-electron chi connectivity index (χ1n) is 8.42. The van der Waals surface area contributed by atoms with E-state index in [0.717, 1.165) is 24.4 Å². The number of imidazole rings is 1. The third-order valence-corrected chi connectivity index (χ3v) is 5.05. The fraction of sp³-hybridized carbons (Fsp3) is 0.500. The molecule has 3 rings (SSSR count). The third-order valence-electron chi connectivity index (χ3n) is 4.80. The number of aliphatic hydroxyl groups excluding tert-OH is 2. The molecule has 0 saturated carbocycles. The number of hydrogen-bond acceptors (Lipinski definition) is 4. The van der Waals surface area contributed by atoms with Crippen LogP contribution in [0, 0.1) is 0 Å². The van der Waals surface area contributed by atoms with Gasteiger partial charge in [0.25, 0.3) is 0 Å². The summed E-state index contributed by atoms with van der Waals surface area (Å²) in [4.78, 5) is 6.57. The van der Waals surface area contributed by atoms with Crippen LogP contribution in [0.3, 0.4) is 0 Å².